The van der Waals surface area contributed by atoms with E-state index in [9.17, 15) is 14.7 Å². The van der Waals surface area contributed by atoms with Gasteiger partial charge in [-0.1, -0.05) is 0 Å². The van der Waals surface area contributed by atoms with Crippen molar-refractivity contribution in [3.05, 3.63) is 24.0 Å². The summed E-state index contributed by atoms with van der Waals surface area (Å²) in [7, 11) is 1.13. The number of carbonyl (C=O) groups excluding carboxylic acids is 1. The molecular weight excluding hydrogens is 240 g/mol. The van der Waals surface area contributed by atoms with Crippen molar-refractivity contribution in [2.45, 2.75) is 19.1 Å². The van der Waals surface area contributed by atoms with Gasteiger partial charge >= 0.3 is 5.97 Å². The van der Waals surface area contributed by atoms with Gasteiger partial charge in [-0.3, -0.25) is 9.78 Å². The molecule has 0 aliphatic heterocycles. The third kappa shape index (κ3) is 2.75. The number of amides is 1. The van der Waals surface area contributed by atoms with E-state index in [4.69, 9.17) is 5.11 Å². The Morgan fingerprint density at radius 1 is 1.56 bits per heavy atom. The summed E-state index contributed by atoms with van der Waals surface area (Å²) in [5.74, 6) is -2.29. The van der Waals surface area contributed by atoms with Crippen molar-refractivity contribution in [3.63, 3.8) is 0 Å². The number of nitrogens with zero attached hydrogens (tertiary/aromatic N) is 1. The molecule has 0 bridgehead atoms. The van der Waals surface area contributed by atoms with Gasteiger partial charge in [0.25, 0.3) is 5.91 Å². The van der Waals surface area contributed by atoms with Crippen LogP contribution >= 0.6 is 0 Å². The van der Waals surface area contributed by atoms with Crippen LogP contribution in [0.15, 0.2) is 18.3 Å². The van der Waals surface area contributed by atoms with Gasteiger partial charge in [0.15, 0.2) is 0 Å². The van der Waals surface area contributed by atoms with Crippen molar-refractivity contribution in [1.82, 2.24) is 10.3 Å². The maximum atomic E-state index is 11.7. The normalized spacial score (nSPS) is 13.7. The second-order valence-electron chi connectivity index (χ2n) is 3.69. The predicted molar refractivity (Wildman–Crippen MR) is 60.8 cm³/mol. The van der Waals surface area contributed by atoms with Gasteiger partial charge in [-0.15, -0.1) is 0 Å². The molecule has 0 aromatic carbocycles. The van der Waals surface area contributed by atoms with Crippen LogP contribution in [0.2, 0.25) is 0 Å². The summed E-state index contributed by atoms with van der Waals surface area (Å²) in [4.78, 5) is 26.5. The van der Waals surface area contributed by atoms with Gasteiger partial charge in [-0.25, -0.2) is 4.79 Å². The highest BCUT2D eigenvalue weighted by Gasteiger charge is 2.41. The molecule has 0 saturated heterocycles. The van der Waals surface area contributed by atoms with Crippen LogP contribution in [0.25, 0.3) is 0 Å². The van der Waals surface area contributed by atoms with Crippen LogP contribution in [0.1, 0.15) is 12.6 Å². The molecule has 0 spiro atoms. The Hall–Kier alpha value is -2.15. The molecule has 7 nitrogen and oxygen atoms in total. The number of nitrogens with one attached hydrogen (secondary N) is 1. The Labute approximate surface area is 103 Å². The Kier molecular flexibility index (Phi) is 4.22. The van der Waals surface area contributed by atoms with E-state index in [0.717, 1.165) is 14.0 Å². The number of carbonyl (C=O) groups is 2. The summed E-state index contributed by atoms with van der Waals surface area (Å²) in [6.07, 6.45) is 1.45. The molecule has 98 valence electrons. The molecule has 0 saturated carbocycles. The molecule has 1 unspecified atom stereocenters. The number of hydrogen-bond acceptors (Lipinski definition) is 5. The molecule has 1 aromatic heterocycles. The number of rotatable bonds is 5. The molecule has 0 radical (unpaired) electrons. The second kappa shape index (κ2) is 5.46. The summed E-state index contributed by atoms with van der Waals surface area (Å²) in [6.45, 7) is 1.06. The average Bonchev–Trinajstić information content (AvgIpc) is 2.36. The van der Waals surface area contributed by atoms with Crippen molar-refractivity contribution >= 4 is 11.9 Å². The lowest BCUT2D eigenvalue weighted by Gasteiger charge is -2.21. The smallest absolute Gasteiger partial charge is 0.345 e. The predicted octanol–water partition coefficient (Wildman–Crippen LogP) is -0.107. The monoisotopic (exact) mass is 254 g/mol. The summed E-state index contributed by atoms with van der Waals surface area (Å²) >= 11 is 0. The van der Waals surface area contributed by atoms with E-state index in [-0.39, 0.29) is 18.0 Å². The molecule has 1 rings (SSSR count). The summed E-state index contributed by atoms with van der Waals surface area (Å²) in [6, 6.07) is 2.96. The molecule has 0 fully saturated rings. The molecule has 3 N–H and O–H groups in total. The first-order valence-electron chi connectivity index (χ1n) is 5.11. The van der Waals surface area contributed by atoms with E-state index in [0.29, 0.717) is 0 Å². The van der Waals surface area contributed by atoms with Crippen molar-refractivity contribution in [2.75, 3.05) is 7.11 Å². The molecule has 1 amide bonds. The highest BCUT2D eigenvalue weighted by Crippen LogP contribution is 2.14. The number of aliphatic carboxylic acids is 1. The SMILES string of the molecule is COC(C)(C(=O)O)C(=O)NCc1ncccc1O. The number of aromatic nitrogens is 1. The maximum absolute atomic E-state index is 11.7. The Balaban J connectivity index is 2.72. The zero-order valence-corrected chi connectivity index (χ0v) is 10.0. The first-order chi connectivity index (χ1) is 8.41. The summed E-state index contributed by atoms with van der Waals surface area (Å²) < 4.78 is 4.69. The third-order valence-electron chi connectivity index (χ3n) is 2.53. The number of hydrogen-bond donors (Lipinski definition) is 3. The largest absolute Gasteiger partial charge is 0.506 e. The van der Waals surface area contributed by atoms with Crippen molar-refractivity contribution in [1.29, 1.82) is 0 Å². The van der Waals surface area contributed by atoms with Crippen LogP contribution in [0.4, 0.5) is 0 Å². The molecule has 7 heteroatoms. The first-order valence-corrected chi connectivity index (χ1v) is 5.11. The molecule has 0 aliphatic carbocycles. The maximum Gasteiger partial charge on any atom is 0.345 e. The van der Waals surface area contributed by atoms with Gasteiger partial charge in [0.05, 0.1) is 6.54 Å². The number of aromatic hydroxyl groups is 1. The van der Waals surface area contributed by atoms with Gasteiger partial charge < -0.3 is 20.3 Å². The minimum absolute atomic E-state index is 0.0766. The molecule has 1 heterocycles. The minimum atomic E-state index is -1.97. The quantitative estimate of drug-likeness (QED) is 0.633. The zero-order chi connectivity index (χ0) is 13.8. The number of ether oxygens (including phenoxy) is 1. The third-order valence-corrected chi connectivity index (χ3v) is 2.53. The first kappa shape index (κ1) is 13.9. The molecule has 1 aromatic rings. The fraction of sp³-hybridized carbons (Fsp3) is 0.364. The lowest BCUT2D eigenvalue weighted by atomic mass is 10.1. The van der Waals surface area contributed by atoms with Crippen LogP contribution in [-0.2, 0) is 20.9 Å². The van der Waals surface area contributed by atoms with Crippen LogP contribution in [0.3, 0.4) is 0 Å². The van der Waals surface area contributed by atoms with E-state index < -0.39 is 17.5 Å². The second-order valence-corrected chi connectivity index (χ2v) is 3.69. The van der Waals surface area contributed by atoms with Crippen molar-refractivity contribution in [3.8, 4) is 5.75 Å². The molecular formula is C11H14N2O5. The zero-order valence-electron chi connectivity index (χ0n) is 10.0. The number of carboxylic acid groups (broad SMARTS) is 1. The standard InChI is InChI=1S/C11H14N2O5/c1-11(18-2,10(16)17)9(15)13-6-7-8(14)4-3-5-12-7/h3-5,14H,6H2,1-2H3,(H,13,15)(H,16,17). The van der Waals surface area contributed by atoms with Crippen LogP contribution in [0.5, 0.6) is 5.75 Å². The van der Waals surface area contributed by atoms with Gasteiger partial charge in [-0.2, -0.15) is 0 Å². The number of methoxy groups -OCH3 is 1. The van der Waals surface area contributed by atoms with Gasteiger partial charge in [-0.05, 0) is 19.1 Å². The van der Waals surface area contributed by atoms with Crippen molar-refractivity contribution < 1.29 is 24.5 Å². The van der Waals surface area contributed by atoms with E-state index in [1.54, 1.807) is 0 Å². The van der Waals surface area contributed by atoms with E-state index in [1.165, 1.54) is 18.3 Å². The number of carboxylic acids is 1. The van der Waals surface area contributed by atoms with E-state index in [1.807, 2.05) is 0 Å². The lowest BCUT2D eigenvalue weighted by molar-refractivity contribution is -0.167. The fourth-order valence-electron chi connectivity index (χ4n) is 1.18. The Morgan fingerprint density at radius 3 is 2.72 bits per heavy atom. The van der Waals surface area contributed by atoms with Crippen LogP contribution in [0, 0.1) is 0 Å². The minimum Gasteiger partial charge on any atom is -0.506 e. The van der Waals surface area contributed by atoms with E-state index >= 15 is 0 Å². The Morgan fingerprint density at radius 2 is 2.22 bits per heavy atom. The summed E-state index contributed by atoms with van der Waals surface area (Å²) in [5.41, 5.74) is -1.72. The van der Waals surface area contributed by atoms with Gasteiger partial charge in [0.2, 0.25) is 5.60 Å². The van der Waals surface area contributed by atoms with Crippen LogP contribution < -0.4 is 5.32 Å². The highest BCUT2D eigenvalue weighted by molar-refractivity contribution is 6.04. The van der Waals surface area contributed by atoms with Crippen molar-refractivity contribution in [2.24, 2.45) is 0 Å². The van der Waals surface area contributed by atoms with Crippen LogP contribution in [-0.4, -0.2) is 39.8 Å². The Bertz CT molecular complexity index is 463. The topological polar surface area (TPSA) is 109 Å². The van der Waals surface area contributed by atoms with E-state index in [2.05, 4.69) is 15.0 Å². The number of pyridine rings is 1. The molecule has 18 heavy (non-hydrogen) atoms. The fourth-order valence-corrected chi connectivity index (χ4v) is 1.18. The summed E-state index contributed by atoms with van der Waals surface area (Å²) in [5, 5.41) is 20.7. The lowest BCUT2D eigenvalue weighted by Crippen LogP contribution is -2.51. The molecule has 0 aliphatic rings. The van der Waals surface area contributed by atoms with Gasteiger partial charge in [0, 0.05) is 13.3 Å². The average molecular weight is 254 g/mol. The van der Waals surface area contributed by atoms with Gasteiger partial charge in [0.1, 0.15) is 11.4 Å². The molecule has 1 atom stereocenters. The highest BCUT2D eigenvalue weighted by atomic mass is 16.5.